The number of carbonyl (C=O) groups is 1. The summed E-state index contributed by atoms with van der Waals surface area (Å²) >= 11 is 6.51. The smallest absolute Gasteiger partial charge is 0.224 e. The summed E-state index contributed by atoms with van der Waals surface area (Å²) in [7, 11) is 4.02. The maximum Gasteiger partial charge on any atom is 0.224 e. The Bertz CT molecular complexity index is 998. The van der Waals surface area contributed by atoms with Gasteiger partial charge in [-0.15, -0.1) is 0 Å². The van der Waals surface area contributed by atoms with E-state index in [0.717, 1.165) is 60.6 Å². The van der Waals surface area contributed by atoms with E-state index >= 15 is 0 Å². The van der Waals surface area contributed by atoms with Crippen molar-refractivity contribution in [1.29, 1.82) is 0 Å². The van der Waals surface area contributed by atoms with Gasteiger partial charge in [0.1, 0.15) is 5.82 Å². The molecule has 2 N–H and O–H groups in total. The Labute approximate surface area is 182 Å². The predicted molar refractivity (Wildman–Crippen MR) is 123 cm³/mol. The van der Waals surface area contributed by atoms with Crippen LogP contribution in [0.1, 0.15) is 12.8 Å². The number of nitrogens with zero attached hydrogens (tertiary/aromatic N) is 3. The SMILES string of the molecule is CN(C)CCNC(=O)[C@H]1CCCN(c2ccc(Cl)c(-c3nc4ccccc4[nH]3)c2)C1. The number of nitrogens with one attached hydrogen (secondary N) is 2. The number of benzene rings is 2. The number of halogens is 1. The van der Waals surface area contributed by atoms with Crippen LogP contribution in [0.3, 0.4) is 0 Å². The molecule has 158 valence electrons. The molecular weight excluding hydrogens is 398 g/mol. The van der Waals surface area contributed by atoms with Crippen molar-refractivity contribution >= 4 is 34.2 Å². The molecule has 1 atom stereocenters. The van der Waals surface area contributed by atoms with Crippen LogP contribution in [0.5, 0.6) is 0 Å². The van der Waals surface area contributed by atoms with E-state index < -0.39 is 0 Å². The number of para-hydroxylation sites is 2. The van der Waals surface area contributed by atoms with Gasteiger partial charge in [0.25, 0.3) is 0 Å². The van der Waals surface area contributed by atoms with Crippen molar-refractivity contribution in [2.24, 2.45) is 5.92 Å². The lowest BCUT2D eigenvalue weighted by Crippen LogP contribution is -2.44. The maximum atomic E-state index is 12.6. The van der Waals surface area contributed by atoms with E-state index in [1.54, 1.807) is 0 Å². The van der Waals surface area contributed by atoms with Crippen molar-refractivity contribution in [2.45, 2.75) is 12.8 Å². The van der Waals surface area contributed by atoms with Crippen molar-refractivity contribution in [3.05, 3.63) is 47.5 Å². The van der Waals surface area contributed by atoms with Gasteiger partial charge in [-0.1, -0.05) is 23.7 Å². The molecule has 2 heterocycles. The van der Waals surface area contributed by atoms with Gasteiger partial charge in [0, 0.05) is 37.4 Å². The largest absolute Gasteiger partial charge is 0.371 e. The van der Waals surface area contributed by atoms with Gasteiger partial charge in [0.15, 0.2) is 0 Å². The Balaban J connectivity index is 1.51. The number of likely N-dealkylation sites (N-methyl/N-ethyl adjacent to an activating group) is 1. The molecule has 4 rings (SSSR count). The van der Waals surface area contributed by atoms with E-state index in [9.17, 15) is 4.79 Å². The number of fused-ring (bicyclic) bond motifs is 1. The Morgan fingerprint density at radius 1 is 1.30 bits per heavy atom. The molecule has 2 aromatic carbocycles. The number of hydrogen-bond donors (Lipinski definition) is 2. The molecule has 1 saturated heterocycles. The lowest BCUT2D eigenvalue weighted by molar-refractivity contribution is -0.125. The zero-order valence-electron chi connectivity index (χ0n) is 17.5. The van der Waals surface area contributed by atoms with Crippen LogP contribution in [-0.4, -0.2) is 61.0 Å². The molecule has 0 radical (unpaired) electrons. The zero-order valence-corrected chi connectivity index (χ0v) is 18.2. The lowest BCUT2D eigenvalue weighted by atomic mass is 9.96. The second-order valence-corrected chi connectivity index (χ2v) is 8.55. The molecule has 1 aliphatic rings. The highest BCUT2D eigenvalue weighted by atomic mass is 35.5. The standard InChI is InChI=1S/C23H28ClN5O/c1-28(2)13-11-25-23(30)16-6-5-12-29(15-16)17-9-10-19(24)18(14-17)22-26-20-7-3-4-8-21(20)27-22/h3-4,7-10,14,16H,5-6,11-13,15H2,1-2H3,(H,25,30)(H,26,27)/t16-/m0/s1. The fourth-order valence-corrected chi connectivity index (χ4v) is 4.15. The Morgan fingerprint density at radius 2 is 2.13 bits per heavy atom. The van der Waals surface area contributed by atoms with Crippen LogP contribution in [-0.2, 0) is 4.79 Å². The number of amides is 1. The molecule has 1 amide bonds. The minimum absolute atomic E-state index is 0.00578. The first-order chi connectivity index (χ1) is 14.5. The summed E-state index contributed by atoms with van der Waals surface area (Å²) in [6.45, 7) is 3.18. The minimum Gasteiger partial charge on any atom is -0.371 e. The highest BCUT2D eigenvalue weighted by Crippen LogP contribution is 2.33. The number of hydrogen-bond acceptors (Lipinski definition) is 4. The van der Waals surface area contributed by atoms with Crippen LogP contribution in [0.15, 0.2) is 42.5 Å². The summed E-state index contributed by atoms with van der Waals surface area (Å²) in [5, 5.41) is 3.73. The molecule has 1 aromatic heterocycles. The second kappa shape index (κ2) is 9.06. The number of aromatic nitrogens is 2. The predicted octanol–water partition coefficient (Wildman–Crippen LogP) is 3.78. The van der Waals surface area contributed by atoms with Gasteiger partial charge in [-0.3, -0.25) is 4.79 Å². The van der Waals surface area contributed by atoms with Gasteiger partial charge in [-0.2, -0.15) is 0 Å². The molecule has 1 aliphatic heterocycles. The zero-order chi connectivity index (χ0) is 21.1. The third-order valence-corrected chi connectivity index (χ3v) is 5.94. The first kappa shape index (κ1) is 20.7. The van der Waals surface area contributed by atoms with Crippen molar-refractivity contribution in [1.82, 2.24) is 20.2 Å². The Kier molecular flexibility index (Phi) is 6.25. The molecular formula is C23H28ClN5O. The number of anilines is 1. The normalized spacial score (nSPS) is 16.9. The van der Waals surface area contributed by atoms with Gasteiger partial charge >= 0.3 is 0 Å². The number of piperidine rings is 1. The number of H-pyrrole nitrogens is 1. The van der Waals surface area contributed by atoms with E-state index in [-0.39, 0.29) is 11.8 Å². The van der Waals surface area contributed by atoms with Gasteiger partial charge in [0.2, 0.25) is 5.91 Å². The van der Waals surface area contributed by atoms with Crippen LogP contribution in [0.4, 0.5) is 5.69 Å². The van der Waals surface area contributed by atoms with E-state index in [0.29, 0.717) is 11.6 Å². The van der Waals surface area contributed by atoms with E-state index in [4.69, 9.17) is 16.6 Å². The summed E-state index contributed by atoms with van der Waals surface area (Å²) < 4.78 is 0. The molecule has 6 nitrogen and oxygen atoms in total. The highest BCUT2D eigenvalue weighted by Gasteiger charge is 2.26. The topological polar surface area (TPSA) is 64.3 Å². The van der Waals surface area contributed by atoms with E-state index in [1.165, 1.54) is 0 Å². The maximum absolute atomic E-state index is 12.6. The summed E-state index contributed by atoms with van der Waals surface area (Å²) in [5.41, 5.74) is 3.85. The second-order valence-electron chi connectivity index (χ2n) is 8.15. The molecule has 0 bridgehead atoms. The van der Waals surface area contributed by atoms with E-state index in [1.807, 2.05) is 50.5 Å². The van der Waals surface area contributed by atoms with Crippen LogP contribution in [0, 0.1) is 5.92 Å². The third kappa shape index (κ3) is 4.60. The summed E-state index contributed by atoms with van der Waals surface area (Å²) in [6.07, 6.45) is 1.92. The fraction of sp³-hybridized carbons (Fsp3) is 0.391. The third-order valence-electron chi connectivity index (χ3n) is 5.61. The molecule has 3 aromatic rings. The molecule has 0 aliphatic carbocycles. The van der Waals surface area contributed by atoms with Crippen LogP contribution < -0.4 is 10.2 Å². The molecule has 0 saturated carbocycles. The highest BCUT2D eigenvalue weighted by molar-refractivity contribution is 6.33. The number of aromatic amines is 1. The summed E-state index contributed by atoms with van der Waals surface area (Å²) in [6, 6.07) is 14.0. The van der Waals surface area contributed by atoms with Gasteiger partial charge < -0.3 is 20.1 Å². The summed E-state index contributed by atoms with van der Waals surface area (Å²) in [5.74, 6) is 0.914. The average molecular weight is 426 g/mol. The monoisotopic (exact) mass is 425 g/mol. The molecule has 1 fully saturated rings. The summed E-state index contributed by atoms with van der Waals surface area (Å²) in [4.78, 5) is 25.0. The van der Waals surface area contributed by atoms with Crippen LogP contribution in [0.2, 0.25) is 5.02 Å². The fourth-order valence-electron chi connectivity index (χ4n) is 3.94. The van der Waals surface area contributed by atoms with Crippen LogP contribution >= 0.6 is 11.6 Å². The van der Waals surface area contributed by atoms with Crippen molar-refractivity contribution in [3.63, 3.8) is 0 Å². The van der Waals surface area contributed by atoms with Gasteiger partial charge in [-0.25, -0.2) is 4.98 Å². The molecule has 7 heteroatoms. The van der Waals surface area contributed by atoms with Crippen molar-refractivity contribution in [2.75, 3.05) is 45.2 Å². The lowest BCUT2D eigenvalue weighted by Gasteiger charge is -2.34. The van der Waals surface area contributed by atoms with Gasteiger partial charge in [-0.05, 0) is 57.3 Å². The first-order valence-corrected chi connectivity index (χ1v) is 10.8. The Hall–Kier alpha value is -2.57. The number of imidazole rings is 1. The van der Waals surface area contributed by atoms with Crippen LogP contribution in [0.25, 0.3) is 22.4 Å². The number of carbonyl (C=O) groups excluding carboxylic acids is 1. The Morgan fingerprint density at radius 3 is 2.93 bits per heavy atom. The number of rotatable bonds is 6. The average Bonchev–Trinajstić information content (AvgIpc) is 3.18. The van der Waals surface area contributed by atoms with Crippen molar-refractivity contribution in [3.8, 4) is 11.4 Å². The molecule has 30 heavy (non-hydrogen) atoms. The van der Waals surface area contributed by atoms with E-state index in [2.05, 4.69) is 26.2 Å². The van der Waals surface area contributed by atoms with Crippen molar-refractivity contribution < 1.29 is 4.79 Å². The first-order valence-electron chi connectivity index (χ1n) is 10.4. The quantitative estimate of drug-likeness (QED) is 0.630. The molecule has 0 unspecified atom stereocenters. The molecule has 0 spiro atoms. The van der Waals surface area contributed by atoms with Gasteiger partial charge in [0.05, 0.1) is 22.0 Å². The minimum atomic E-state index is 0.00578.